The van der Waals surface area contributed by atoms with Crippen molar-refractivity contribution in [3.63, 3.8) is 0 Å². The van der Waals surface area contributed by atoms with Crippen LogP contribution in [0.1, 0.15) is 56.8 Å². The van der Waals surface area contributed by atoms with E-state index in [1.807, 2.05) is 20.8 Å². The summed E-state index contributed by atoms with van der Waals surface area (Å²) in [6, 6.07) is 3.84. The lowest BCUT2D eigenvalue weighted by molar-refractivity contribution is -0.143. The SMILES string of the molecule is CC(C)(C)CC(=O)Nc1ccc(Cl)c(C(=O)N2CCCC[C@@H]2C(=O)O)c1. The van der Waals surface area contributed by atoms with Gasteiger partial charge in [0.25, 0.3) is 5.91 Å². The van der Waals surface area contributed by atoms with Crippen LogP contribution in [0.4, 0.5) is 5.69 Å². The van der Waals surface area contributed by atoms with Gasteiger partial charge in [-0.05, 0) is 42.9 Å². The minimum Gasteiger partial charge on any atom is -0.480 e. The zero-order valence-corrected chi connectivity index (χ0v) is 16.1. The van der Waals surface area contributed by atoms with Crippen molar-refractivity contribution in [1.82, 2.24) is 4.90 Å². The van der Waals surface area contributed by atoms with Crippen LogP contribution in [0.5, 0.6) is 0 Å². The molecular weight excluding hydrogens is 356 g/mol. The molecule has 0 aromatic heterocycles. The molecule has 2 N–H and O–H groups in total. The molecule has 1 aromatic rings. The number of benzene rings is 1. The molecule has 0 bridgehead atoms. The first-order valence-electron chi connectivity index (χ1n) is 8.72. The average Bonchev–Trinajstić information content (AvgIpc) is 2.54. The van der Waals surface area contributed by atoms with E-state index >= 15 is 0 Å². The second kappa shape index (κ2) is 8.08. The van der Waals surface area contributed by atoms with Crippen molar-refractivity contribution < 1.29 is 19.5 Å². The Morgan fingerprint density at radius 2 is 1.96 bits per heavy atom. The van der Waals surface area contributed by atoms with Crippen LogP contribution in [0.25, 0.3) is 0 Å². The summed E-state index contributed by atoms with van der Waals surface area (Å²) in [7, 11) is 0. The molecule has 142 valence electrons. The Balaban J connectivity index is 2.22. The number of piperidine rings is 1. The highest BCUT2D eigenvalue weighted by atomic mass is 35.5. The minimum atomic E-state index is -1.01. The second-order valence-electron chi connectivity index (χ2n) is 7.83. The molecule has 1 fully saturated rings. The van der Waals surface area contributed by atoms with E-state index in [-0.39, 0.29) is 21.9 Å². The van der Waals surface area contributed by atoms with E-state index in [1.165, 1.54) is 11.0 Å². The van der Waals surface area contributed by atoms with Crippen LogP contribution in [0.2, 0.25) is 5.02 Å². The van der Waals surface area contributed by atoms with E-state index < -0.39 is 17.9 Å². The molecular formula is C19H25ClN2O4. The highest BCUT2D eigenvalue weighted by Crippen LogP contribution is 2.27. The number of likely N-dealkylation sites (tertiary alicyclic amines) is 1. The monoisotopic (exact) mass is 380 g/mol. The first-order valence-corrected chi connectivity index (χ1v) is 9.09. The molecule has 0 radical (unpaired) electrons. The van der Waals surface area contributed by atoms with Crippen LogP contribution in [-0.2, 0) is 9.59 Å². The number of carbonyl (C=O) groups is 3. The van der Waals surface area contributed by atoms with Crippen molar-refractivity contribution in [1.29, 1.82) is 0 Å². The molecule has 1 aromatic carbocycles. The van der Waals surface area contributed by atoms with Crippen LogP contribution >= 0.6 is 11.6 Å². The Morgan fingerprint density at radius 1 is 1.27 bits per heavy atom. The standard InChI is InChI=1S/C19H25ClN2O4/c1-19(2,3)11-16(23)21-12-7-8-14(20)13(10-12)17(24)22-9-5-4-6-15(22)18(25)26/h7-8,10,15H,4-6,9,11H2,1-3H3,(H,21,23)(H,25,26)/t15-/m1/s1. The van der Waals surface area contributed by atoms with E-state index in [2.05, 4.69) is 5.32 Å². The fraction of sp³-hybridized carbons (Fsp3) is 0.526. The van der Waals surface area contributed by atoms with Crippen LogP contribution in [0.15, 0.2) is 18.2 Å². The number of hydrogen-bond donors (Lipinski definition) is 2. The summed E-state index contributed by atoms with van der Waals surface area (Å²) in [5.41, 5.74) is 0.516. The summed E-state index contributed by atoms with van der Waals surface area (Å²) in [6.45, 7) is 6.27. The zero-order valence-electron chi connectivity index (χ0n) is 15.3. The van der Waals surface area contributed by atoms with E-state index in [1.54, 1.807) is 12.1 Å². The maximum Gasteiger partial charge on any atom is 0.326 e. The highest BCUT2D eigenvalue weighted by Gasteiger charge is 2.33. The van der Waals surface area contributed by atoms with Gasteiger partial charge in [0.15, 0.2) is 0 Å². The summed E-state index contributed by atoms with van der Waals surface area (Å²) in [6.07, 6.45) is 2.30. The number of aliphatic carboxylic acids is 1. The molecule has 7 heteroatoms. The van der Waals surface area contributed by atoms with Crippen molar-refractivity contribution in [2.75, 3.05) is 11.9 Å². The first kappa shape index (κ1) is 20.2. The molecule has 6 nitrogen and oxygen atoms in total. The van der Waals surface area contributed by atoms with Gasteiger partial charge < -0.3 is 15.3 Å². The lowest BCUT2D eigenvalue weighted by Crippen LogP contribution is -2.48. The van der Waals surface area contributed by atoms with Gasteiger partial charge in [0.1, 0.15) is 6.04 Å². The number of nitrogens with one attached hydrogen (secondary N) is 1. The number of halogens is 1. The molecule has 1 aliphatic heterocycles. The van der Waals surface area contributed by atoms with E-state index in [0.29, 0.717) is 25.1 Å². The van der Waals surface area contributed by atoms with Gasteiger partial charge in [-0.25, -0.2) is 4.79 Å². The smallest absolute Gasteiger partial charge is 0.326 e. The fourth-order valence-corrected chi connectivity index (χ4v) is 3.24. The third-order valence-electron chi connectivity index (χ3n) is 4.22. The minimum absolute atomic E-state index is 0.153. The number of anilines is 1. The maximum atomic E-state index is 12.9. The summed E-state index contributed by atoms with van der Waals surface area (Å²) in [5.74, 6) is -1.59. The topological polar surface area (TPSA) is 86.7 Å². The first-order chi connectivity index (χ1) is 12.1. The molecule has 0 unspecified atom stereocenters. The number of hydrogen-bond acceptors (Lipinski definition) is 3. The maximum absolute atomic E-state index is 12.9. The number of carboxylic acid groups (broad SMARTS) is 1. The van der Waals surface area contributed by atoms with E-state index in [0.717, 1.165) is 12.8 Å². The number of carboxylic acids is 1. The molecule has 0 aliphatic carbocycles. The van der Waals surface area contributed by atoms with Gasteiger partial charge in [-0.2, -0.15) is 0 Å². The highest BCUT2D eigenvalue weighted by molar-refractivity contribution is 6.34. The molecule has 1 atom stereocenters. The number of amides is 2. The van der Waals surface area contributed by atoms with E-state index in [9.17, 15) is 19.5 Å². The molecule has 1 saturated heterocycles. The third kappa shape index (κ3) is 5.21. The quantitative estimate of drug-likeness (QED) is 0.831. The molecule has 0 spiro atoms. The van der Waals surface area contributed by atoms with Crippen LogP contribution < -0.4 is 5.32 Å². The Hall–Kier alpha value is -2.08. The van der Waals surface area contributed by atoms with Crippen molar-refractivity contribution in [3.8, 4) is 0 Å². The summed E-state index contributed by atoms with van der Waals surface area (Å²) in [4.78, 5) is 37.8. The summed E-state index contributed by atoms with van der Waals surface area (Å²) < 4.78 is 0. The molecule has 2 rings (SSSR count). The predicted molar refractivity (Wildman–Crippen MR) is 100 cm³/mol. The Morgan fingerprint density at radius 3 is 2.58 bits per heavy atom. The van der Waals surface area contributed by atoms with Crippen molar-refractivity contribution >= 4 is 35.1 Å². The van der Waals surface area contributed by atoms with Gasteiger partial charge in [-0.15, -0.1) is 0 Å². The predicted octanol–water partition coefficient (Wildman–Crippen LogP) is 3.79. The molecule has 26 heavy (non-hydrogen) atoms. The largest absolute Gasteiger partial charge is 0.480 e. The van der Waals surface area contributed by atoms with Gasteiger partial charge in [-0.1, -0.05) is 32.4 Å². The number of carbonyl (C=O) groups excluding carboxylic acids is 2. The van der Waals surface area contributed by atoms with Crippen molar-refractivity contribution in [3.05, 3.63) is 28.8 Å². The van der Waals surface area contributed by atoms with Crippen LogP contribution in [-0.4, -0.2) is 40.4 Å². The summed E-state index contributed by atoms with van der Waals surface area (Å²) >= 11 is 6.17. The van der Waals surface area contributed by atoms with Gasteiger partial charge in [0.2, 0.25) is 5.91 Å². The Kier molecular flexibility index (Phi) is 6.29. The van der Waals surface area contributed by atoms with Crippen LogP contribution in [0.3, 0.4) is 0 Å². The molecule has 1 aliphatic rings. The Bertz CT molecular complexity index is 712. The average molecular weight is 381 g/mol. The van der Waals surface area contributed by atoms with Gasteiger partial charge >= 0.3 is 5.97 Å². The molecule has 0 saturated carbocycles. The van der Waals surface area contributed by atoms with Crippen LogP contribution in [0, 0.1) is 5.41 Å². The van der Waals surface area contributed by atoms with Gasteiger partial charge in [-0.3, -0.25) is 9.59 Å². The normalized spacial score (nSPS) is 17.7. The molecule has 2 amide bonds. The lowest BCUT2D eigenvalue weighted by atomic mass is 9.92. The Labute approximate surface area is 158 Å². The van der Waals surface area contributed by atoms with Gasteiger partial charge in [0, 0.05) is 18.7 Å². The van der Waals surface area contributed by atoms with Gasteiger partial charge in [0.05, 0.1) is 10.6 Å². The number of nitrogens with zero attached hydrogens (tertiary/aromatic N) is 1. The summed E-state index contributed by atoms with van der Waals surface area (Å²) in [5, 5.41) is 12.4. The molecule has 1 heterocycles. The second-order valence-corrected chi connectivity index (χ2v) is 8.24. The zero-order chi connectivity index (χ0) is 19.5. The fourth-order valence-electron chi connectivity index (χ4n) is 3.04. The number of rotatable bonds is 4. The van der Waals surface area contributed by atoms with Crippen molar-refractivity contribution in [2.24, 2.45) is 5.41 Å². The third-order valence-corrected chi connectivity index (χ3v) is 4.55. The van der Waals surface area contributed by atoms with E-state index in [4.69, 9.17) is 11.6 Å². The lowest BCUT2D eigenvalue weighted by Gasteiger charge is -2.33. The van der Waals surface area contributed by atoms with Crippen molar-refractivity contribution in [2.45, 2.75) is 52.5 Å².